The highest BCUT2D eigenvalue weighted by Crippen LogP contribution is 2.30. The topological polar surface area (TPSA) is 111 Å². The molecular formula is C48H88N2O7Si2. The van der Waals surface area contributed by atoms with E-state index < -0.39 is 29.1 Å². The lowest BCUT2D eigenvalue weighted by Gasteiger charge is -2.28. The van der Waals surface area contributed by atoms with Crippen LogP contribution in [0.2, 0.25) is 31.7 Å². The van der Waals surface area contributed by atoms with Gasteiger partial charge in [0.1, 0.15) is 36.9 Å². The van der Waals surface area contributed by atoms with E-state index in [0.717, 1.165) is 43.5 Å². The average molecular weight is 861 g/mol. The summed E-state index contributed by atoms with van der Waals surface area (Å²) >= 11 is 0. The van der Waals surface area contributed by atoms with Gasteiger partial charge in [0.05, 0.1) is 0 Å². The molecule has 0 saturated heterocycles. The Morgan fingerprint density at radius 1 is 0.576 bits per heavy atom. The van der Waals surface area contributed by atoms with Crippen LogP contribution in [0, 0.1) is 0 Å². The van der Waals surface area contributed by atoms with E-state index in [2.05, 4.69) is 79.7 Å². The molecule has 0 saturated carbocycles. The number of hydrogen-bond acceptors (Lipinski definition) is 9. The zero-order chi connectivity index (χ0) is 43.0. The fourth-order valence-electron chi connectivity index (χ4n) is 7.56. The molecule has 3 atom stereocenters. The Bertz CT molecular complexity index is 1270. The third-order valence-electron chi connectivity index (χ3n) is 10.8. The molecule has 2 aromatic carbocycles. The standard InChI is InChI=1S/C48H88N2O7Si2/c1-8-12-13-15-19-26-43(44-29-31-47(32-30-44)53-40-45(51)38-50-34-23-36-59(55-9-2,56-10-3)57-11-4)27-20-17-14-16-18-24-42-25-21-28-48(37-42)54-41-46(52)39-49-33-22-35-58(5,6)7/h21,25,28-32,37,43,45-46,49-52H,8-20,22-24,26-27,33-36,38-41H2,1-7H3. The quantitative estimate of drug-likeness (QED) is 0.0386. The summed E-state index contributed by atoms with van der Waals surface area (Å²) in [5.41, 5.74) is 2.71. The average Bonchev–Trinajstić information content (AvgIpc) is 3.21. The Morgan fingerprint density at radius 3 is 1.66 bits per heavy atom. The maximum atomic E-state index is 10.6. The molecule has 0 spiro atoms. The van der Waals surface area contributed by atoms with Crippen molar-refractivity contribution in [1.29, 1.82) is 0 Å². The second-order valence-corrected chi connectivity index (χ2v) is 25.9. The number of benzene rings is 2. The molecule has 0 aliphatic rings. The van der Waals surface area contributed by atoms with Crippen molar-refractivity contribution in [3.63, 3.8) is 0 Å². The van der Waals surface area contributed by atoms with Crippen LogP contribution in [0.4, 0.5) is 0 Å². The molecule has 2 rings (SSSR count). The van der Waals surface area contributed by atoms with Crippen LogP contribution in [-0.4, -0.2) is 98.5 Å². The molecule has 0 fully saturated rings. The zero-order valence-corrected chi connectivity index (χ0v) is 40.7. The predicted molar refractivity (Wildman–Crippen MR) is 252 cm³/mol. The van der Waals surface area contributed by atoms with Gasteiger partial charge in [-0.25, -0.2) is 0 Å². The van der Waals surface area contributed by atoms with Gasteiger partial charge < -0.3 is 43.6 Å². The van der Waals surface area contributed by atoms with E-state index in [0.29, 0.717) is 45.4 Å². The molecule has 0 aliphatic heterocycles. The minimum atomic E-state index is -2.63. The summed E-state index contributed by atoms with van der Waals surface area (Å²) in [7, 11) is -3.63. The highest BCUT2D eigenvalue weighted by molar-refractivity contribution is 6.76. The molecule has 0 amide bonds. The zero-order valence-electron chi connectivity index (χ0n) is 38.7. The van der Waals surface area contributed by atoms with Crippen LogP contribution in [0.25, 0.3) is 0 Å². The first-order valence-corrected chi connectivity index (χ1v) is 29.3. The number of aliphatic hydroxyl groups excluding tert-OH is 2. The summed E-state index contributed by atoms with van der Waals surface area (Å²) in [5, 5.41) is 27.7. The normalized spacial score (nSPS) is 13.7. The van der Waals surface area contributed by atoms with Crippen molar-refractivity contribution in [1.82, 2.24) is 10.6 Å². The van der Waals surface area contributed by atoms with Crippen molar-refractivity contribution in [3.8, 4) is 11.5 Å². The summed E-state index contributed by atoms with van der Waals surface area (Å²) < 4.78 is 29.8. The molecule has 0 aliphatic carbocycles. The van der Waals surface area contributed by atoms with E-state index in [4.69, 9.17) is 22.8 Å². The summed E-state index contributed by atoms with van der Waals surface area (Å²) in [6, 6.07) is 19.1. The predicted octanol–water partition coefficient (Wildman–Crippen LogP) is 10.5. The van der Waals surface area contributed by atoms with Gasteiger partial charge in [-0.15, -0.1) is 0 Å². The minimum absolute atomic E-state index is 0.253. The lowest BCUT2D eigenvalue weighted by molar-refractivity contribution is 0.0706. The molecule has 0 heterocycles. The van der Waals surface area contributed by atoms with Crippen LogP contribution >= 0.6 is 0 Å². The summed E-state index contributed by atoms with van der Waals surface area (Å²) in [5.74, 6) is 2.23. The van der Waals surface area contributed by atoms with Crippen molar-refractivity contribution in [2.45, 2.75) is 174 Å². The first-order chi connectivity index (χ1) is 28.5. The third-order valence-corrected chi connectivity index (χ3v) is 15.8. The molecule has 3 unspecified atom stereocenters. The van der Waals surface area contributed by atoms with E-state index in [1.54, 1.807) is 0 Å². The third kappa shape index (κ3) is 26.3. The van der Waals surface area contributed by atoms with Gasteiger partial charge in [0.2, 0.25) is 0 Å². The van der Waals surface area contributed by atoms with E-state index in [1.807, 2.05) is 26.8 Å². The van der Waals surface area contributed by atoms with Crippen LogP contribution in [0.15, 0.2) is 48.5 Å². The molecule has 59 heavy (non-hydrogen) atoms. The smallest absolute Gasteiger partial charge is 0.491 e. The van der Waals surface area contributed by atoms with Crippen LogP contribution in [-0.2, 0) is 19.7 Å². The lowest BCUT2D eigenvalue weighted by atomic mass is 9.88. The molecule has 0 bridgehead atoms. The van der Waals surface area contributed by atoms with E-state index in [9.17, 15) is 10.2 Å². The molecule has 0 aromatic heterocycles. The molecule has 4 N–H and O–H groups in total. The van der Waals surface area contributed by atoms with Gasteiger partial charge >= 0.3 is 8.80 Å². The maximum absolute atomic E-state index is 10.6. The van der Waals surface area contributed by atoms with Gasteiger partial charge in [0, 0.05) is 47.0 Å². The van der Waals surface area contributed by atoms with E-state index in [-0.39, 0.29) is 6.61 Å². The number of aryl methyl sites for hydroxylation is 1. The summed E-state index contributed by atoms with van der Waals surface area (Å²) in [4.78, 5) is 0. The van der Waals surface area contributed by atoms with E-state index >= 15 is 0 Å². The monoisotopic (exact) mass is 861 g/mol. The largest absolute Gasteiger partial charge is 0.500 e. The van der Waals surface area contributed by atoms with Gasteiger partial charge in [0.15, 0.2) is 0 Å². The Kier molecular flexibility index (Phi) is 29.7. The fourth-order valence-corrected chi connectivity index (χ4v) is 11.4. The van der Waals surface area contributed by atoms with Crippen molar-refractivity contribution < 1.29 is 33.0 Å². The van der Waals surface area contributed by atoms with Crippen molar-refractivity contribution >= 4 is 16.9 Å². The number of ether oxygens (including phenoxy) is 2. The van der Waals surface area contributed by atoms with Gasteiger partial charge in [0.25, 0.3) is 0 Å². The molecule has 9 nitrogen and oxygen atoms in total. The second-order valence-electron chi connectivity index (χ2n) is 17.5. The summed E-state index contributed by atoms with van der Waals surface area (Å²) in [6.07, 6.45) is 17.2. The van der Waals surface area contributed by atoms with Gasteiger partial charge in [-0.3, -0.25) is 0 Å². The Morgan fingerprint density at radius 2 is 1.10 bits per heavy atom. The number of aliphatic hydroxyl groups is 2. The Labute approximate surface area is 363 Å². The van der Waals surface area contributed by atoms with Crippen LogP contribution in [0.1, 0.15) is 135 Å². The Balaban J connectivity index is 1.71. The van der Waals surface area contributed by atoms with Crippen LogP contribution < -0.4 is 20.1 Å². The summed E-state index contributed by atoms with van der Waals surface area (Å²) in [6.45, 7) is 20.5. The van der Waals surface area contributed by atoms with Crippen LogP contribution in [0.3, 0.4) is 0 Å². The lowest BCUT2D eigenvalue weighted by Crippen LogP contribution is -2.46. The van der Waals surface area contributed by atoms with Crippen LogP contribution in [0.5, 0.6) is 11.5 Å². The maximum Gasteiger partial charge on any atom is 0.500 e. The van der Waals surface area contributed by atoms with Crippen molar-refractivity contribution in [3.05, 3.63) is 59.7 Å². The van der Waals surface area contributed by atoms with Crippen molar-refractivity contribution in [2.75, 3.05) is 59.2 Å². The molecule has 340 valence electrons. The fraction of sp³-hybridized carbons (Fsp3) is 0.750. The van der Waals surface area contributed by atoms with Gasteiger partial charge in [-0.1, -0.05) is 115 Å². The number of hydrogen-bond donors (Lipinski definition) is 4. The highest BCUT2D eigenvalue weighted by atomic mass is 28.4. The Hall–Kier alpha value is -1.81. The first kappa shape index (κ1) is 53.3. The molecule has 11 heteroatoms. The number of rotatable bonds is 39. The minimum Gasteiger partial charge on any atom is -0.491 e. The molecule has 2 aromatic rings. The second kappa shape index (κ2) is 32.8. The number of unbranched alkanes of at least 4 members (excludes halogenated alkanes) is 8. The van der Waals surface area contributed by atoms with Gasteiger partial charge in [-0.05, 0) is 114 Å². The number of nitrogens with one attached hydrogen (secondary N) is 2. The molecular weight excluding hydrogens is 773 g/mol. The van der Waals surface area contributed by atoms with Gasteiger partial charge in [-0.2, -0.15) is 0 Å². The first-order valence-electron chi connectivity index (χ1n) is 23.7. The SMILES string of the molecule is CCCCCCCC(CCCCCCCc1cccc(OCC(O)CNCCC[Si](C)(C)C)c1)c1ccc(OCC(O)CNCCC[Si](OCC)(OCC)OCC)cc1. The molecule has 0 radical (unpaired) electrons. The van der Waals surface area contributed by atoms with Crippen molar-refractivity contribution in [2.24, 2.45) is 0 Å². The van der Waals surface area contributed by atoms with E-state index in [1.165, 1.54) is 101 Å². The highest BCUT2D eigenvalue weighted by Gasteiger charge is 2.39.